The first-order valence-electron chi connectivity index (χ1n) is 6.11. The molecule has 0 fully saturated rings. The van der Waals surface area contributed by atoms with E-state index in [4.69, 9.17) is 17.3 Å². The summed E-state index contributed by atoms with van der Waals surface area (Å²) in [5.41, 5.74) is 8.95. The predicted molar refractivity (Wildman–Crippen MR) is 77.7 cm³/mol. The molecule has 0 aromatic heterocycles. The Hall–Kier alpha value is -2.00. The van der Waals surface area contributed by atoms with Crippen LogP contribution in [0.15, 0.2) is 42.5 Å². The van der Waals surface area contributed by atoms with Crippen molar-refractivity contribution in [1.29, 1.82) is 0 Å². The van der Waals surface area contributed by atoms with Gasteiger partial charge in [0.05, 0.1) is 5.56 Å². The molecule has 0 spiro atoms. The number of nitrogen functional groups attached to an aromatic ring is 1. The first-order valence-corrected chi connectivity index (χ1v) is 6.49. The fourth-order valence-electron chi connectivity index (χ4n) is 2.41. The van der Waals surface area contributed by atoms with E-state index in [-0.39, 0.29) is 5.91 Å². The molecule has 96 valence electrons. The molecular weight excluding hydrogens is 260 g/mol. The van der Waals surface area contributed by atoms with Crippen molar-refractivity contribution in [3.63, 3.8) is 0 Å². The summed E-state index contributed by atoms with van der Waals surface area (Å²) in [6.07, 6.45) is 0.877. The molecule has 0 saturated heterocycles. The number of nitrogens with zero attached hydrogens (tertiary/aromatic N) is 1. The molecule has 4 heteroatoms. The highest BCUT2D eigenvalue weighted by molar-refractivity contribution is 6.31. The van der Waals surface area contributed by atoms with Gasteiger partial charge in [-0.25, -0.2) is 0 Å². The maximum absolute atomic E-state index is 12.6. The summed E-state index contributed by atoms with van der Waals surface area (Å²) in [4.78, 5) is 14.3. The van der Waals surface area contributed by atoms with E-state index in [1.807, 2.05) is 24.3 Å². The Morgan fingerprint density at radius 3 is 2.84 bits per heavy atom. The van der Waals surface area contributed by atoms with Crippen LogP contribution in [0.4, 0.5) is 11.4 Å². The summed E-state index contributed by atoms with van der Waals surface area (Å²) in [5.74, 6) is -0.0926. The van der Waals surface area contributed by atoms with Crippen LogP contribution in [0, 0.1) is 0 Å². The van der Waals surface area contributed by atoms with Crippen molar-refractivity contribution in [2.45, 2.75) is 6.42 Å². The van der Waals surface area contributed by atoms with E-state index >= 15 is 0 Å². The Morgan fingerprint density at radius 1 is 1.21 bits per heavy atom. The molecule has 0 unspecified atom stereocenters. The maximum Gasteiger partial charge on any atom is 0.260 e. The number of carbonyl (C=O) groups is 1. The zero-order chi connectivity index (χ0) is 13.4. The van der Waals surface area contributed by atoms with Gasteiger partial charge in [0.15, 0.2) is 0 Å². The number of benzene rings is 2. The molecule has 2 aromatic carbocycles. The lowest BCUT2D eigenvalue weighted by Crippen LogP contribution is -2.29. The fourth-order valence-corrected chi connectivity index (χ4v) is 2.58. The van der Waals surface area contributed by atoms with Crippen LogP contribution < -0.4 is 10.6 Å². The summed E-state index contributed by atoms with van der Waals surface area (Å²) in [7, 11) is 0. The number of anilines is 2. The van der Waals surface area contributed by atoms with Crippen molar-refractivity contribution in [2.75, 3.05) is 17.2 Å². The third-order valence-corrected chi connectivity index (χ3v) is 3.61. The Kier molecular flexibility index (Phi) is 2.91. The van der Waals surface area contributed by atoms with E-state index in [2.05, 4.69) is 0 Å². The number of para-hydroxylation sites is 1. The molecule has 0 aliphatic carbocycles. The van der Waals surface area contributed by atoms with Crippen LogP contribution in [0.2, 0.25) is 5.02 Å². The molecule has 0 atom stereocenters. The quantitative estimate of drug-likeness (QED) is 0.811. The number of halogens is 1. The van der Waals surface area contributed by atoms with Crippen LogP contribution in [0.5, 0.6) is 0 Å². The van der Waals surface area contributed by atoms with Crippen LogP contribution in [-0.4, -0.2) is 12.5 Å². The second-order valence-electron chi connectivity index (χ2n) is 4.57. The molecule has 2 N–H and O–H groups in total. The van der Waals surface area contributed by atoms with E-state index in [0.29, 0.717) is 22.8 Å². The highest BCUT2D eigenvalue weighted by Crippen LogP contribution is 2.30. The highest BCUT2D eigenvalue weighted by atomic mass is 35.5. The fraction of sp³-hybridized carbons (Fsp3) is 0.133. The Balaban J connectivity index is 2.00. The third kappa shape index (κ3) is 2.06. The molecule has 0 saturated carbocycles. The lowest BCUT2D eigenvalue weighted by atomic mass is 10.1. The number of nitrogens with two attached hydrogens (primary N) is 1. The highest BCUT2D eigenvalue weighted by Gasteiger charge is 2.26. The minimum Gasteiger partial charge on any atom is -0.398 e. The maximum atomic E-state index is 12.6. The predicted octanol–water partition coefficient (Wildman–Crippen LogP) is 3.13. The summed E-state index contributed by atoms with van der Waals surface area (Å²) < 4.78 is 0. The van der Waals surface area contributed by atoms with Gasteiger partial charge in [0.1, 0.15) is 0 Å². The Morgan fingerprint density at radius 2 is 2.00 bits per heavy atom. The van der Waals surface area contributed by atoms with Crippen LogP contribution in [0.1, 0.15) is 15.9 Å². The van der Waals surface area contributed by atoms with Gasteiger partial charge in [0, 0.05) is 22.9 Å². The van der Waals surface area contributed by atoms with Gasteiger partial charge >= 0.3 is 0 Å². The molecule has 1 amide bonds. The summed E-state index contributed by atoms with van der Waals surface area (Å²) in [6, 6.07) is 12.9. The minimum absolute atomic E-state index is 0.0926. The molecule has 0 bridgehead atoms. The van der Waals surface area contributed by atoms with Crippen LogP contribution in [0.3, 0.4) is 0 Å². The first-order chi connectivity index (χ1) is 9.16. The van der Waals surface area contributed by atoms with Gasteiger partial charge < -0.3 is 10.6 Å². The lowest BCUT2D eigenvalue weighted by Gasteiger charge is -2.18. The average molecular weight is 273 g/mol. The second kappa shape index (κ2) is 4.59. The minimum atomic E-state index is -0.0926. The topological polar surface area (TPSA) is 46.3 Å². The molecule has 19 heavy (non-hydrogen) atoms. The zero-order valence-electron chi connectivity index (χ0n) is 10.3. The molecule has 0 radical (unpaired) electrons. The second-order valence-corrected chi connectivity index (χ2v) is 5.00. The summed E-state index contributed by atoms with van der Waals surface area (Å²) >= 11 is 5.94. The average Bonchev–Trinajstić information content (AvgIpc) is 2.84. The van der Waals surface area contributed by atoms with Crippen molar-refractivity contribution < 1.29 is 4.79 Å². The summed E-state index contributed by atoms with van der Waals surface area (Å²) in [6.45, 7) is 0.685. The van der Waals surface area contributed by atoms with E-state index < -0.39 is 0 Å². The lowest BCUT2D eigenvalue weighted by molar-refractivity contribution is 0.0990. The molecule has 1 heterocycles. The molecule has 3 nitrogen and oxygen atoms in total. The van der Waals surface area contributed by atoms with Gasteiger partial charge in [-0.1, -0.05) is 29.8 Å². The van der Waals surface area contributed by atoms with Crippen LogP contribution >= 0.6 is 11.6 Å². The number of hydrogen-bond donors (Lipinski definition) is 1. The molecular formula is C15H13ClN2O. The normalized spacial score (nSPS) is 13.4. The van der Waals surface area contributed by atoms with E-state index in [1.54, 1.807) is 23.1 Å². The van der Waals surface area contributed by atoms with Crippen molar-refractivity contribution in [1.82, 2.24) is 0 Å². The van der Waals surface area contributed by atoms with E-state index in [0.717, 1.165) is 12.1 Å². The largest absolute Gasteiger partial charge is 0.398 e. The number of hydrogen-bond acceptors (Lipinski definition) is 2. The number of amides is 1. The standard InChI is InChI=1S/C15H13ClN2O/c16-11-5-6-13(17)12(9-11)15(19)18-8-7-10-3-1-2-4-14(10)18/h1-6,9H,7-8,17H2. The van der Waals surface area contributed by atoms with Crippen LogP contribution in [-0.2, 0) is 6.42 Å². The Labute approximate surface area is 116 Å². The van der Waals surface area contributed by atoms with Gasteiger partial charge in [-0.2, -0.15) is 0 Å². The smallest absolute Gasteiger partial charge is 0.260 e. The third-order valence-electron chi connectivity index (χ3n) is 3.38. The van der Waals surface area contributed by atoms with Gasteiger partial charge in [0.25, 0.3) is 5.91 Å². The van der Waals surface area contributed by atoms with Crippen LogP contribution in [0.25, 0.3) is 0 Å². The molecule has 1 aliphatic rings. The van der Waals surface area contributed by atoms with Gasteiger partial charge in [-0.05, 0) is 36.2 Å². The van der Waals surface area contributed by atoms with Crippen molar-refractivity contribution in [3.8, 4) is 0 Å². The van der Waals surface area contributed by atoms with Crippen molar-refractivity contribution >= 4 is 28.9 Å². The van der Waals surface area contributed by atoms with Crippen molar-refractivity contribution in [2.24, 2.45) is 0 Å². The van der Waals surface area contributed by atoms with E-state index in [9.17, 15) is 4.79 Å². The number of carbonyl (C=O) groups excluding carboxylic acids is 1. The van der Waals surface area contributed by atoms with Gasteiger partial charge in [-0.15, -0.1) is 0 Å². The molecule has 3 rings (SSSR count). The van der Waals surface area contributed by atoms with E-state index in [1.165, 1.54) is 5.56 Å². The monoisotopic (exact) mass is 272 g/mol. The molecule has 1 aliphatic heterocycles. The number of fused-ring (bicyclic) bond motifs is 1. The Bertz CT molecular complexity index is 654. The molecule has 2 aromatic rings. The van der Waals surface area contributed by atoms with Crippen molar-refractivity contribution in [3.05, 3.63) is 58.6 Å². The zero-order valence-corrected chi connectivity index (χ0v) is 11.0. The van der Waals surface area contributed by atoms with Gasteiger partial charge in [0.2, 0.25) is 0 Å². The van der Waals surface area contributed by atoms with Gasteiger partial charge in [-0.3, -0.25) is 4.79 Å². The first kappa shape index (κ1) is 12.1. The summed E-state index contributed by atoms with van der Waals surface area (Å²) in [5, 5.41) is 0.519. The number of rotatable bonds is 1. The SMILES string of the molecule is Nc1ccc(Cl)cc1C(=O)N1CCc2ccccc21.